The van der Waals surface area contributed by atoms with Crippen LogP contribution in [0.5, 0.6) is 0 Å². The van der Waals surface area contributed by atoms with E-state index >= 15 is 0 Å². The van der Waals surface area contributed by atoms with Gasteiger partial charge in [-0.05, 0) is 70.4 Å². The number of halogens is 1. The average Bonchev–Trinajstić information content (AvgIpc) is 3.26. The Morgan fingerprint density at radius 2 is 1.82 bits per heavy atom. The Morgan fingerprint density at radius 1 is 1.12 bits per heavy atom. The molecule has 0 unspecified atom stereocenters. The van der Waals surface area contributed by atoms with Gasteiger partial charge >= 0.3 is 6.09 Å². The fourth-order valence-corrected chi connectivity index (χ4v) is 4.13. The highest BCUT2D eigenvalue weighted by Crippen LogP contribution is 2.27. The number of carbonyl (C=O) groups excluding carboxylic acids is 3. The largest absolute Gasteiger partial charge is 0.444 e. The van der Waals surface area contributed by atoms with Crippen LogP contribution in [0, 0.1) is 0 Å². The molecule has 1 aromatic heterocycles. The van der Waals surface area contributed by atoms with E-state index in [4.69, 9.17) is 16.3 Å². The molecular formula is C25H33ClN4O4. The van der Waals surface area contributed by atoms with Gasteiger partial charge in [0, 0.05) is 37.6 Å². The zero-order valence-corrected chi connectivity index (χ0v) is 20.9. The third kappa shape index (κ3) is 6.53. The summed E-state index contributed by atoms with van der Waals surface area (Å²) in [5.41, 5.74) is 0.874. The molecule has 3 rings (SSSR count). The molecule has 1 saturated heterocycles. The lowest BCUT2D eigenvalue weighted by Gasteiger charge is -2.34. The van der Waals surface area contributed by atoms with E-state index in [-0.39, 0.29) is 29.0 Å². The second-order valence-corrected chi connectivity index (χ2v) is 9.81. The second-order valence-electron chi connectivity index (χ2n) is 9.40. The van der Waals surface area contributed by atoms with Crippen LogP contribution in [0.1, 0.15) is 73.8 Å². The predicted octanol–water partition coefficient (Wildman–Crippen LogP) is 5.11. The minimum Gasteiger partial charge on any atom is -0.444 e. The van der Waals surface area contributed by atoms with Gasteiger partial charge in [0.05, 0.1) is 10.6 Å². The van der Waals surface area contributed by atoms with Crippen molar-refractivity contribution in [3.63, 3.8) is 0 Å². The third-order valence-corrected chi connectivity index (χ3v) is 5.84. The van der Waals surface area contributed by atoms with E-state index in [2.05, 4.69) is 10.6 Å². The van der Waals surface area contributed by atoms with Gasteiger partial charge in [-0.3, -0.25) is 9.59 Å². The normalized spacial score (nSPS) is 14.6. The Bertz CT molecular complexity index is 1040. The first-order valence-electron chi connectivity index (χ1n) is 11.6. The van der Waals surface area contributed by atoms with Crippen molar-refractivity contribution in [3.05, 3.63) is 52.8 Å². The summed E-state index contributed by atoms with van der Waals surface area (Å²) in [6.07, 6.45) is 3.86. The van der Waals surface area contributed by atoms with Crippen molar-refractivity contribution in [1.29, 1.82) is 0 Å². The molecule has 0 saturated carbocycles. The van der Waals surface area contributed by atoms with Crippen LogP contribution < -0.4 is 10.6 Å². The van der Waals surface area contributed by atoms with E-state index in [1.165, 1.54) is 0 Å². The molecule has 0 atom stereocenters. The monoisotopic (exact) mass is 488 g/mol. The maximum atomic E-state index is 13.0. The fraction of sp³-hybridized carbons (Fsp3) is 0.480. The molecule has 1 aromatic carbocycles. The molecule has 1 aliphatic heterocycles. The molecule has 0 aliphatic carbocycles. The summed E-state index contributed by atoms with van der Waals surface area (Å²) in [5, 5.41) is 5.93. The number of piperidine rings is 1. The van der Waals surface area contributed by atoms with E-state index < -0.39 is 5.60 Å². The van der Waals surface area contributed by atoms with Gasteiger partial charge in [-0.25, -0.2) is 4.79 Å². The predicted molar refractivity (Wildman–Crippen MR) is 133 cm³/mol. The minimum absolute atomic E-state index is 0.0997. The summed E-state index contributed by atoms with van der Waals surface area (Å²) in [4.78, 5) is 39.2. The number of anilines is 1. The third-order valence-electron chi connectivity index (χ3n) is 5.53. The Morgan fingerprint density at radius 3 is 2.44 bits per heavy atom. The van der Waals surface area contributed by atoms with Gasteiger partial charge < -0.3 is 24.8 Å². The molecular weight excluding hydrogens is 456 g/mol. The summed E-state index contributed by atoms with van der Waals surface area (Å²) in [7, 11) is 0. The van der Waals surface area contributed by atoms with E-state index in [1.54, 1.807) is 29.2 Å². The van der Waals surface area contributed by atoms with Crippen LogP contribution in [0.15, 0.2) is 36.5 Å². The Balaban J connectivity index is 1.62. The molecule has 0 bridgehead atoms. The number of nitrogens with zero attached hydrogens (tertiary/aromatic N) is 2. The maximum Gasteiger partial charge on any atom is 0.410 e. The summed E-state index contributed by atoms with van der Waals surface area (Å²) in [6, 6.07) is 8.55. The standard InChI is InChI=1S/C25H33ClN4O4/c1-5-12-27-22(31)19-9-8-17(16-20(19)26)28-23(32)21-7-6-13-30(21)18-10-14-29(15-11-18)24(33)34-25(2,3)4/h6-9,13,16,18H,5,10-12,14-15H2,1-4H3,(H,27,31)(H,28,32). The molecule has 2 N–H and O–H groups in total. The topological polar surface area (TPSA) is 92.7 Å². The molecule has 2 aromatic rings. The van der Waals surface area contributed by atoms with Crippen LogP contribution in [0.4, 0.5) is 10.5 Å². The number of carbonyl (C=O) groups is 3. The SMILES string of the molecule is CCCNC(=O)c1ccc(NC(=O)c2cccn2C2CCN(C(=O)OC(C)(C)C)CC2)cc1Cl. The number of hydrogen-bond donors (Lipinski definition) is 2. The summed E-state index contributed by atoms with van der Waals surface area (Å²) in [5.74, 6) is -0.504. The van der Waals surface area contributed by atoms with Gasteiger partial charge in [-0.15, -0.1) is 0 Å². The van der Waals surface area contributed by atoms with Crippen molar-refractivity contribution in [2.45, 2.75) is 58.6 Å². The molecule has 1 fully saturated rings. The van der Waals surface area contributed by atoms with Crippen LogP contribution in [-0.2, 0) is 4.74 Å². The van der Waals surface area contributed by atoms with Crippen molar-refractivity contribution in [2.75, 3.05) is 25.0 Å². The van der Waals surface area contributed by atoms with Gasteiger partial charge in [0.1, 0.15) is 11.3 Å². The lowest BCUT2D eigenvalue weighted by atomic mass is 10.0. The minimum atomic E-state index is -0.528. The van der Waals surface area contributed by atoms with Gasteiger partial charge in [0.2, 0.25) is 0 Å². The van der Waals surface area contributed by atoms with Crippen molar-refractivity contribution in [3.8, 4) is 0 Å². The van der Waals surface area contributed by atoms with Crippen molar-refractivity contribution < 1.29 is 19.1 Å². The van der Waals surface area contributed by atoms with Gasteiger partial charge in [0.25, 0.3) is 11.8 Å². The molecule has 34 heavy (non-hydrogen) atoms. The average molecular weight is 489 g/mol. The number of benzene rings is 1. The highest BCUT2D eigenvalue weighted by Gasteiger charge is 2.28. The van der Waals surface area contributed by atoms with E-state index in [1.807, 2.05) is 44.5 Å². The number of nitrogens with one attached hydrogen (secondary N) is 2. The number of aromatic nitrogens is 1. The first kappa shape index (κ1) is 25.6. The van der Waals surface area contributed by atoms with Gasteiger partial charge in [0.15, 0.2) is 0 Å². The van der Waals surface area contributed by atoms with Crippen LogP contribution in [-0.4, -0.2) is 52.6 Å². The number of rotatable bonds is 6. The van der Waals surface area contributed by atoms with E-state index in [0.717, 1.165) is 19.3 Å². The molecule has 2 heterocycles. The molecule has 8 nitrogen and oxygen atoms in total. The fourth-order valence-electron chi connectivity index (χ4n) is 3.86. The van der Waals surface area contributed by atoms with Crippen LogP contribution >= 0.6 is 11.6 Å². The highest BCUT2D eigenvalue weighted by atomic mass is 35.5. The van der Waals surface area contributed by atoms with Gasteiger partial charge in [-0.2, -0.15) is 0 Å². The Hall–Kier alpha value is -3.00. The number of hydrogen-bond acceptors (Lipinski definition) is 4. The highest BCUT2D eigenvalue weighted by molar-refractivity contribution is 6.34. The van der Waals surface area contributed by atoms with Crippen molar-refractivity contribution in [2.24, 2.45) is 0 Å². The molecule has 184 valence electrons. The second kappa shape index (κ2) is 11.0. The molecule has 0 spiro atoms. The summed E-state index contributed by atoms with van der Waals surface area (Å²) in [6.45, 7) is 9.23. The van der Waals surface area contributed by atoms with E-state index in [0.29, 0.717) is 36.6 Å². The Labute approximate surface area is 205 Å². The summed E-state index contributed by atoms with van der Waals surface area (Å²) >= 11 is 6.28. The van der Waals surface area contributed by atoms with Crippen LogP contribution in [0.2, 0.25) is 5.02 Å². The van der Waals surface area contributed by atoms with Crippen LogP contribution in [0.3, 0.4) is 0 Å². The molecule has 3 amide bonds. The zero-order valence-electron chi connectivity index (χ0n) is 20.2. The molecule has 1 aliphatic rings. The Kier molecular flexibility index (Phi) is 8.25. The lowest BCUT2D eigenvalue weighted by molar-refractivity contribution is 0.0187. The quantitative estimate of drug-likeness (QED) is 0.591. The number of amides is 3. The van der Waals surface area contributed by atoms with Crippen LogP contribution in [0.25, 0.3) is 0 Å². The van der Waals surface area contributed by atoms with Crippen molar-refractivity contribution >= 4 is 35.2 Å². The van der Waals surface area contributed by atoms with Crippen molar-refractivity contribution in [1.82, 2.24) is 14.8 Å². The lowest BCUT2D eigenvalue weighted by Crippen LogP contribution is -2.42. The maximum absolute atomic E-state index is 13.0. The number of likely N-dealkylation sites (tertiary alicyclic amines) is 1. The smallest absolute Gasteiger partial charge is 0.410 e. The molecule has 0 radical (unpaired) electrons. The zero-order chi connectivity index (χ0) is 24.9. The van der Waals surface area contributed by atoms with Gasteiger partial charge in [-0.1, -0.05) is 18.5 Å². The first-order valence-corrected chi connectivity index (χ1v) is 12.0. The van der Waals surface area contributed by atoms with E-state index in [9.17, 15) is 14.4 Å². The number of ether oxygens (including phenoxy) is 1. The first-order chi connectivity index (χ1) is 16.1. The summed E-state index contributed by atoms with van der Waals surface area (Å²) < 4.78 is 7.42. The molecule has 9 heteroatoms.